The summed E-state index contributed by atoms with van der Waals surface area (Å²) in [7, 11) is 1.31. The quantitative estimate of drug-likeness (QED) is 0.0757. The molecule has 6 aromatic rings. The summed E-state index contributed by atoms with van der Waals surface area (Å²) in [6.07, 6.45) is -8.98. The van der Waals surface area contributed by atoms with Crippen LogP contribution in [0.25, 0.3) is 22.3 Å². The van der Waals surface area contributed by atoms with Crippen molar-refractivity contribution in [2.45, 2.75) is 55.0 Å². The van der Waals surface area contributed by atoms with Crippen molar-refractivity contribution in [2.24, 2.45) is 5.73 Å². The summed E-state index contributed by atoms with van der Waals surface area (Å²) in [6, 6.07) is 12.6. The van der Waals surface area contributed by atoms with Gasteiger partial charge in [-0.05, 0) is 53.3 Å². The Kier molecular flexibility index (Phi) is 12.4. The largest absolute Gasteiger partial charge is 0.492 e. The zero-order valence-electron chi connectivity index (χ0n) is 33.0. The first-order chi connectivity index (χ1) is 30.8. The van der Waals surface area contributed by atoms with Crippen molar-refractivity contribution in [1.82, 2.24) is 39.0 Å². The third-order valence-electron chi connectivity index (χ3n) is 10.2. The molecule has 334 valence electrons. The minimum Gasteiger partial charge on any atom is -0.492 e. The maximum Gasteiger partial charge on any atom is 0.389 e. The molecule has 2 radical (unpaired) electrons. The number of alkyl halides is 2. The second kappa shape index (κ2) is 18.0. The molecule has 22 nitrogen and oxygen atoms in total. The van der Waals surface area contributed by atoms with Crippen LogP contribution in [-0.2, 0) is 42.5 Å². The number of imidazole rings is 2. The highest BCUT2D eigenvalue weighted by molar-refractivity contribution is 8.54. The second-order valence-corrected chi connectivity index (χ2v) is 19.9. The predicted octanol–water partition coefficient (Wildman–Crippen LogP) is 3.99. The number of nitrogens with zero attached hydrogens (tertiary/aromatic N) is 8. The van der Waals surface area contributed by atoms with Crippen molar-refractivity contribution in [2.75, 3.05) is 37.8 Å². The Morgan fingerprint density at radius 1 is 0.781 bits per heavy atom. The maximum absolute atomic E-state index is 16.8. The molecule has 9 rings (SSSR count). The number of hydrogen-bond donors (Lipinski definition) is 3. The molecule has 4 aromatic heterocycles. The van der Waals surface area contributed by atoms with Crippen LogP contribution in [0.2, 0.25) is 0 Å². The molecule has 6 N–H and O–H groups in total. The van der Waals surface area contributed by atoms with Crippen molar-refractivity contribution in [3.05, 3.63) is 85.0 Å². The van der Waals surface area contributed by atoms with Crippen LogP contribution in [0.1, 0.15) is 28.4 Å². The molecule has 0 bridgehead atoms. The van der Waals surface area contributed by atoms with Crippen molar-refractivity contribution < 1.29 is 59.7 Å². The van der Waals surface area contributed by atoms with E-state index in [1.165, 1.54) is 33.9 Å². The highest BCUT2D eigenvalue weighted by Gasteiger charge is 2.54. The first kappa shape index (κ1) is 44.1. The average Bonchev–Trinajstić information content (AvgIpc) is 4.06. The molecule has 3 aliphatic heterocycles. The second-order valence-electron chi connectivity index (χ2n) is 14.4. The van der Waals surface area contributed by atoms with Gasteiger partial charge in [-0.1, -0.05) is 12.1 Å². The monoisotopic (exact) mass is 941 g/mol. The van der Waals surface area contributed by atoms with Gasteiger partial charge in [-0.25, -0.2) is 48.0 Å². The summed E-state index contributed by atoms with van der Waals surface area (Å²) >= 11 is 0.667. The van der Waals surface area contributed by atoms with E-state index in [9.17, 15) is 13.9 Å². The van der Waals surface area contributed by atoms with Crippen LogP contribution in [-0.4, -0.2) is 116 Å². The van der Waals surface area contributed by atoms with Crippen LogP contribution >= 0.6 is 25.7 Å². The molecule has 0 amide bonds. The van der Waals surface area contributed by atoms with Gasteiger partial charge in [-0.2, -0.15) is 0 Å². The standard InChI is InChI=1S/C36H36BF2N11O11P2S/c37-62(52)55-11-22-29(25(39)35(58-22)50-17-48-27-31(42)44-15-46-33(27)50)61-63(53,56-12-23-28(60-62)24(38)34(59-23)49-16-47-26-30(41)43-14-45-32(26)49)64-13-18-1-5-21(6-2-18)57-36(51)19-3-7-20(8-4-19)54-10-9-40/h1-8,14-17,22-25,28-29,34-35H,9-13,40H2,(H2,41,43,45)(H2,42,44,46)/t22-,23-,24-,25-,28-,29-,34-,35-,62+,63-/m1/s1. The smallest absolute Gasteiger partial charge is 0.389 e. The van der Waals surface area contributed by atoms with Crippen molar-refractivity contribution in [3.63, 3.8) is 0 Å². The predicted molar refractivity (Wildman–Crippen MR) is 223 cm³/mol. The van der Waals surface area contributed by atoms with E-state index in [4.69, 9.17) is 61.8 Å². The fourth-order valence-electron chi connectivity index (χ4n) is 7.10. The number of fused-ring (bicyclic) bond motifs is 4. The number of carbonyl (C=O) groups is 1. The van der Waals surface area contributed by atoms with E-state index in [1.807, 2.05) is 0 Å². The molecule has 0 aliphatic carbocycles. The first-order valence-electron chi connectivity index (χ1n) is 19.3. The third-order valence-corrected chi connectivity index (χ3v) is 14.9. The number of hydrogen-bond acceptors (Lipinski definition) is 21. The van der Waals surface area contributed by atoms with Gasteiger partial charge in [-0.3, -0.25) is 22.7 Å². The number of esters is 1. The van der Waals surface area contributed by atoms with Gasteiger partial charge in [0.2, 0.25) is 7.57 Å². The number of halogens is 2. The molecule has 28 heteroatoms. The van der Waals surface area contributed by atoms with E-state index >= 15 is 8.78 Å². The van der Waals surface area contributed by atoms with E-state index < -0.39 is 82.7 Å². The molecule has 7 heterocycles. The highest BCUT2D eigenvalue weighted by atomic mass is 32.7. The summed E-state index contributed by atoms with van der Waals surface area (Å²) in [5, 5.41) is 0. The lowest BCUT2D eigenvalue weighted by molar-refractivity contribution is -0.0546. The SMILES string of the molecule is [B][P@]1(=O)OC[C@H]2O[C@@H](n3cnc4c(N)ncnc43)[C@H](F)[C@@H]2O[P@](=O)(SCc2ccc(OC(=O)c3ccc(OCCN)cc3)cc2)OC[C@H]2O[C@@H](n3cnc4c(N)ncnc43)[C@H](F)[C@@H]2O1. The fourth-order valence-corrected chi connectivity index (χ4v) is 11.5. The molecular weight excluding hydrogens is 905 g/mol. The topological polar surface area (TPSA) is 290 Å². The normalized spacial score (nSPS) is 29.7. The van der Waals surface area contributed by atoms with E-state index in [-0.39, 0.29) is 51.0 Å². The van der Waals surface area contributed by atoms with E-state index in [0.717, 1.165) is 12.7 Å². The molecule has 64 heavy (non-hydrogen) atoms. The number of benzene rings is 2. The number of carbonyl (C=O) groups excluding carboxylic acids is 1. The third kappa shape index (κ3) is 8.94. The van der Waals surface area contributed by atoms with Crippen molar-refractivity contribution in [3.8, 4) is 11.5 Å². The van der Waals surface area contributed by atoms with Crippen LogP contribution in [0.15, 0.2) is 73.8 Å². The molecule has 3 aliphatic rings. The molecule has 10 atom stereocenters. The molecule has 0 saturated carbocycles. The van der Waals surface area contributed by atoms with Crippen LogP contribution in [0.5, 0.6) is 11.5 Å². The maximum atomic E-state index is 16.8. The van der Waals surface area contributed by atoms with Crippen LogP contribution < -0.4 is 26.7 Å². The van der Waals surface area contributed by atoms with Crippen LogP contribution in [0, 0.1) is 0 Å². The Balaban J connectivity index is 0.975. The molecular formula is C36H36BF2N11O11P2S. The lowest BCUT2D eigenvalue weighted by Gasteiger charge is -2.30. The summed E-state index contributed by atoms with van der Waals surface area (Å²) in [6.45, 7) is -5.37. The summed E-state index contributed by atoms with van der Waals surface area (Å²) in [4.78, 5) is 37.3. The minimum absolute atomic E-state index is 0.0179. The zero-order chi connectivity index (χ0) is 44.8. The Morgan fingerprint density at radius 3 is 1.91 bits per heavy atom. The molecule has 2 aromatic carbocycles. The summed E-state index contributed by atoms with van der Waals surface area (Å²) in [5.74, 6) is 0.102. The Hall–Kier alpha value is -5.14. The molecule has 0 unspecified atom stereocenters. The number of nitrogen functional groups attached to an aromatic ring is 2. The lowest BCUT2D eigenvalue weighted by Crippen LogP contribution is -2.37. The lowest BCUT2D eigenvalue weighted by atomic mass is 10.1. The van der Waals surface area contributed by atoms with Gasteiger partial charge < -0.3 is 45.2 Å². The zero-order valence-corrected chi connectivity index (χ0v) is 35.6. The average molecular weight is 942 g/mol. The van der Waals surface area contributed by atoms with Gasteiger partial charge in [0.05, 0.1) is 31.4 Å². The number of rotatable bonds is 10. The van der Waals surface area contributed by atoms with Crippen molar-refractivity contribution in [1.29, 1.82) is 0 Å². The van der Waals surface area contributed by atoms with Gasteiger partial charge in [0.25, 0.3) is 7.47 Å². The van der Waals surface area contributed by atoms with Crippen LogP contribution in [0.3, 0.4) is 0 Å². The van der Waals surface area contributed by atoms with E-state index in [0.29, 0.717) is 35.8 Å². The van der Waals surface area contributed by atoms with Gasteiger partial charge in [0.15, 0.2) is 47.7 Å². The molecule has 0 spiro atoms. The number of nitrogens with two attached hydrogens (primary N) is 3. The van der Waals surface area contributed by atoms with Gasteiger partial charge >= 0.3 is 12.8 Å². The summed E-state index contributed by atoms with van der Waals surface area (Å²) in [5.41, 5.74) is 18.7. The number of ether oxygens (including phenoxy) is 4. The minimum atomic E-state index is -4.70. The number of anilines is 2. The Morgan fingerprint density at radius 2 is 1.33 bits per heavy atom. The van der Waals surface area contributed by atoms with Gasteiger partial charge in [-0.15, -0.1) is 0 Å². The molecule has 3 fully saturated rings. The molecule has 3 saturated heterocycles. The number of aromatic nitrogens is 8. The first-order valence-corrected chi connectivity index (χ1v) is 24.0. The fraction of sp³-hybridized carbons (Fsp3) is 0.361. The Labute approximate surface area is 366 Å². The highest BCUT2D eigenvalue weighted by Crippen LogP contribution is 2.65. The van der Waals surface area contributed by atoms with E-state index in [1.54, 1.807) is 36.4 Å². The van der Waals surface area contributed by atoms with Gasteiger partial charge in [0, 0.05) is 12.3 Å². The van der Waals surface area contributed by atoms with Crippen LogP contribution in [0.4, 0.5) is 20.4 Å². The van der Waals surface area contributed by atoms with Gasteiger partial charge in [0.1, 0.15) is 66.2 Å². The van der Waals surface area contributed by atoms with E-state index in [2.05, 4.69) is 29.9 Å². The van der Waals surface area contributed by atoms with Crippen molar-refractivity contribution >= 4 is 73.2 Å². The Bertz CT molecular complexity index is 2770. The summed E-state index contributed by atoms with van der Waals surface area (Å²) < 4.78 is 111.